The molecule has 1 aromatic carbocycles. The number of H-pyrrole nitrogens is 1. The van der Waals surface area contributed by atoms with Gasteiger partial charge in [-0.25, -0.2) is 9.37 Å². The number of carbonyl (C=O) groups is 1. The van der Waals surface area contributed by atoms with Crippen LogP contribution in [-0.4, -0.2) is 39.1 Å². The summed E-state index contributed by atoms with van der Waals surface area (Å²) in [5, 5.41) is 9.67. The summed E-state index contributed by atoms with van der Waals surface area (Å²) < 4.78 is 20.0. The highest BCUT2D eigenvalue weighted by atomic mass is 19.1. The van der Waals surface area contributed by atoms with Gasteiger partial charge in [-0.15, -0.1) is 0 Å². The lowest BCUT2D eigenvalue weighted by Crippen LogP contribution is -2.32. The van der Waals surface area contributed by atoms with Gasteiger partial charge in [0.1, 0.15) is 23.4 Å². The number of rotatable bonds is 7. The Hall–Kier alpha value is -2.41. The number of aliphatic carboxylic acids is 1. The van der Waals surface area contributed by atoms with Crippen molar-refractivity contribution in [3.63, 3.8) is 0 Å². The molecular weight excluding hydrogens is 313 g/mol. The zero-order valence-electron chi connectivity index (χ0n) is 14.2. The van der Waals surface area contributed by atoms with Crippen molar-refractivity contribution >= 4 is 5.97 Å². The maximum atomic E-state index is 14.4. The van der Waals surface area contributed by atoms with E-state index in [1.165, 1.54) is 17.0 Å². The van der Waals surface area contributed by atoms with Crippen LogP contribution in [0.15, 0.2) is 24.4 Å². The standard InChI is InChI=1S/C17H22FN3O3/c1-10(2)24-13-7-5-6-12(18)15(13)16(17(22)23)21(4)9-14-19-8-11(3)20-14/h5-8,10,16H,9H2,1-4H3,(H,19,20)(H,22,23)/t16-/m1/s1. The fourth-order valence-electron chi connectivity index (χ4n) is 2.55. The molecule has 0 saturated carbocycles. The molecular formula is C17H22FN3O3. The van der Waals surface area contributed by atoms with Crippen molar-refractivity contribution in [2.24, 2.45) is 0 Å². The van der Waals surface area contributed by atoms with Gasteiger partial charge in [-0.3, -0.25) is 9.69 Å². The maximum Gasteiger partial charge on any atom is 0.325 e. The van der Waals surface area contributed by atoms with Gasteiger partial charge >= 0.3 is 5.97 Å². The number of hydrogen-bond acceptors (Lipinski definition) is 4. The first-order valence-corrected chi connectivity index (χ1v) is 7.68. The van der Waals surface area contributed by atoms with Gasteiger partial charge in [-0.2, -0.15) is 0 Å². The second-order valence-corrected chi connectivity index (χ2v) is 5.99. The summed E-state index contributed by atoms with van der Waals surface area (Å²) >= 11 is 0. The zero-order valence-corrected chi connectivity index (χ0v) is 14.2. The molecule has 0 radical (unpaired) electrons. The number of aromatic amines is 1. The molecule has 1 aromatic heterocycles. The van der Waals surface area contributed by atoms with Crippen LogP contribution in [0.25, 0.3) is 0 Å². The molecule has 0 bridgehead atoms. The molecule has 130 valence electrons. The number of carboxylic acids is 1. The van der Waals surface area contributed by atoms with Crippen LogP contribution in [0.1, 0.15) is 37.0 Å². The minimum absolute atomic E-state index is 0.0180. The first-order valence-electron chi connectivity index (χ1n) is 7.68. The van der Waals surface area contributed by atoms with E-state index < -0.39 is 17.8 Å². The van der Waals surface area contributed by atoms with Crippen molar-refractivity contribution in [2.45, 2.75) is 39.5 Å². The van der Waals surface area contributed by atoms with Gasteiger partial charge in [0, 0.05) is 11.9 Å². The van der Waals surface area contributed by atoms with Crippen LogP contribution >= 0.6 is 0 Å². The molecule has 1 heterocycles. The number of likely N-dealkylation sites (N-methyl/N-ethyl adjacent to an activating group) is 1. The lowest BCUT2D eigenvalue weighted by atomic mass is 10.0. The van der Waals surface area contributed by atoms with Crippen molar-refractivity contribution in [1.29, 1.82) is 0 Å². The summed E-state index contributed by atoms with van der Waals surface area (Å²) in [5.41, 5.74) is 0.893. The Bertz CT molecular complexity index is 715. The average molecular weight is 335 g/mol. The number of benzene rings is 1. The van der Waals surface area contributed by atoms with E-state index in [1.54, 1.807) is 33.2 Å². The van der Waals surface area contributed by atoms with E-state index in [1.807, 2.05) is 6.92 Å². The Morgan fingerprint density at radius 2 is 2.17 bits per heavy atom. The Kier molecular flexibility index (Phi) is 5.56. The molecule has 24 heavy (non-hydrogen) atoms. The molecule has 0 amide bonds. The van der Waals surface area contributed by atoms with Gasteiger partial charge in [0.25, 0.3) is 0 Å². The highest BCUT2D eigenvalue weighted by Crippen LogP contribution is 2.33. The maximum absolute atomic E-state index is 14.4. The van der Waals surface area contributed by atoms with Crippen LogP contribution in [0, 0.1) is 12.7 Å². The number of nitrogens with zero attached hydrogens (tertiary/aromatic N) is 2. The first-order chi connectivity index (χ1) is 11.3. The number of aryl methyl sites for hydroxylation is 1. The van der Waals surface area contributed by atoms with E-state index >= 15 is 0 Å². The SMILES string of the molecule is Cc1cnc(CN(C)[C@@H](C(=O)O)c2c(F)cccc2OC(C)C)[nH]1. The third-order valence-electron chi connectivity index (χ3n) is 3.48. The van der Waals surface area contributed by atoms with E-state index in [9.17, 15) is 14.3 Å². The first kappa shape index (κ1) is 17.9. The number of imidazole rings is 1. The second kappa shape index (κ2) is 7.44. The highest BCUT2D eigenvalue weighted by molar-refractivity contribution is 5.76. The van der Waals surface area contributed by atoms with E-state index in [-0.39, 0.29) is 24.0 Å². The van der Waals surface area contributed by atoms with Crippen LogP contribution in [-0.2, 0) is 11.3 Å². The van der Waals surface area contributed by atoms with Crippen molar-refractivity contribution in [1.82, 2.24) is 14.9 Å². The fraction of sp³-hybridized carbons (Fsp3) is 0.412. The summed E-state index contributed by atoms with van der Waals surface area (Å²) in [6.07, 6.45) is 1.47. The second-order valence-electron chi connectivity index (χ2n) is 5.99. The predicted octanol–water partition coefficient (Wildman–Crippen LogP) is 2.90. The van der Waals surface area contributed by atoms with Crippen molar-refractivity contribution in [3.05, 3.63) is 47.3 Å². The van der Waals surface area contributed by atoms with Gasteiger partial charge < -0.3 is 14.8 Å². The molecule has 0 saturated heterocycles. The number of hydrogen-bond donors (Lipinski definition) is 2. The molecule has 0 aliphatic carbocycles. The Balaban J connectivity index is 2.38. The molecule has 0 aliphatic rings. The number of aromatic nitrogens is 2. The lowest BCUT2D eigenvalue weighted by Gasteiger charge is -2.26. The quantitative estimate of drug-likeness (QED) is 0.813. The Labute approximate surface area is 140 Å². The van der Waals surface area contributed by atoms with Crippen LogP contribution in [0.5, 0.6) is 5.75 Å². The predicted molar refractivity (Wildman–Crippen MR) is 87.3 cm³/mol. The molecule has 6 nitrogen and oxygen atoms in total. The summed E-state index contributed by atoms with van der Waals surface area (Å²) in [6.45, 7) is 5.70. The van der Waals surface area contributed by atoms with E-state index in [2.05, 4.69) is 9.97 Å². The van der Waals surface area contributed by atoms with Gasteiger partial charge in [0.2, 0.25) is 0 Å². The Morgan fingerprint density at radius 1 is 1.46 bits per heavy atom. The molecule has 1 atom stereocenters. The third-order valence-corrected chi connectivity index (χ3v) is 3.48. The average Bonchev–Trinajstić information content (AvgIpc) is 2.86. The third kappa shape index (κ3) is 4.11. The lowest BCUT2D eigenvalue weighted by molar-refractivity contribution is -0.143. The smallest absolute Gasteiger partial charge is 0.325 e. The summed E-state index contributed by atoms with van der Waals surface area (Å²) in [4.78, 5) is 20.6. The van der Waals surface area contributed by atoms with Crippen molar-refractivity contribution < 1.29 is 19.0 Å². The normalized spacial score (nSPS) is 12.6. The van der Waals surface area contributed by atoms with Crippen molar-refractivity contribution in [2.75, 3.05) is 7.05 Å². The summed E-state index contributed by atoms with van der Waals surface area (Å²) in [6, 6.07) is 3.14. The monoisotopic (exact) mass is 335 g/mol. The molecule has 7 heteroatoms. The largest absolute Gasteiger partial charge is 0.491 e. The van der Waals surface area contributed by atoms with E-state index in [0.717, 1.165) is 5.69 Å². The zero-order chi connectivity index (χ0) is 17.9. The van der Waals surface area contributed by atoms with Crippen molar-refractivity contribution in [3.8, 4) is 5.75 Å². The molecule has 0 fully saturated rings. The van der Waals surface area contributed by atoms with E-state index in [4.69, 9.17) is 4.74 Å². The topological polar surface area (TPSA) is 78.5 Å². The van der Waals surface area contributed by atoms with Crippen LogP contribution in [0.3, 0.4) is 0 Å². The number of carboxylic acid groups (broad SMARTS) is 1. The van der Waals surface area contributed by atoms with Gasteiger partial charge in [-0.1, -0.05) is 6.07 Å². The number of nitrogens with one attached hydrogen (secondary N) is 1. The minimum atomic E-state index is -1.19. The summed E-state index contributed by atoms with van der Waals surface area (Å²) in [5.74, 6) is -0.911. The van der Waals surface area contributed by atoms with Gasteiger partial charge in [0.05, 0.1) is 18.2 Å². The number of ether oxygens (including phenoxy) is 1. The van der Waals surface area contributed by atoms with Crippen LogP contribution < -0.4 is 4.74 Å². The summed E-state index contributed by atoms with van der Waals surface area (Å²) in [7, 11) is 1.61. The Morgan fingerprint density at radius 3 is 2.71 bits per heavy atom. The fourth-order valence-corrected chi connectivity index (χ4v) is 2.55. The molecule has 0 unspecified atom stereocenters. The molecule has 0 aliphatic heterocycles. The minimum Gasteiger partial charge on any atom is -0.491 e. The van der Waals surface area contributed by atoms with E-state index in [0.29, 0.717) is 5.82 Å². The van der Waals surface area contributed by atoms with Gasteiger partial charge in [-0.05, 0) is 40.0 Å². The molecule has 0 spiro atoms. The van der Waals surface area contributed by atoms with Crippen LogP contribution in [0.4, 0.5) is 4.39 Å². The highest BCUT2D eigenvalue weighted by Gasteiger charge is 2.31. The van der Waals surface area contributed by atoms with Gasteiger partial charge in [0.15, 0.2) is 0 Å². The molecule has 2 rings (SSSR count). The number of halogens is 1. The van der Waals surface area contributed by atoms with Crippen LogP contribution in [0.2, 0.25) is 0 Å². The molecule has 2 N–H and O–H groups in total. The molecule has 2 aromatic rings.